The van der Waals surface area contributed by atoms with Gasteiger partial charge in [-0.1, -0.05) is 30.7 Å². The minimum Gasteiger partial charge on any atom is -0.332 e. The first-order chi connectivity index (χ1) is 8.72. The molecular formula is C15H17ClN2. The molecule has 1 unspecified atom stereocenters. The zero-order valence-corrected chi connectivity index (χ0v) is 11.3. The Hall–Kier alpha value is -1.28. The SMILES string of the molecule is CC1CCc2cnc(Cc3cccc(Cl)c3)n2C1. The number of aryl methyl sites for hydroxylation is 1. The molecule has 0 radical (unpaired) electrons. The standard InChI is InChI=1S/C15H17ClN2/c1-11-5-6-14-9-17-15(18(14)10-11)8-12-3-2-4-13(16)7-12/h2-4,7,9,11H,5-6,8,10H2,1H3. The summed E-state index contributed by atoms with van der Waals surface area (Å²) in [5, 5.41) is 0.797. The number of nitrogens with zero attached hydrogens (tertiary/aromatic N) is 2. The van der Waals surface area contributed by atoms with E-state index in [0.29, 0.717) is 0 Å². The Kier molecular flexibility index (Phi) is 3.13. The van der Waals surface area contributed by atoms with Crippen LogP contribution in [0.15, 0.2) is 30.5 Å². The number of fused-ring (bicyclic) bond motifs is 1. The van der Waals surface area contributed by atoms with Gasteiger partial charge in [0.2, 0.25) is 0 Å². The van der Waals surface area contributed by atoms with Crippen molar-refractivity contribution in [2.75, 3.05) is 0 Å². The van der Waals surface area contributed by atoms with Gasteiger partial charge >= 0.3 is 0 Å². The molecule has 0 saturated heterocycles. The molecule has 0 bridgehead atoms. The van der Waals surface area contributed by atoms with Crippen molar-refractivity contribution in [1.29, 1.82) is 0 Å². The molecule has 18 heavy (non-hydrogen) atoms. The fraction of sp³-hybridized carbons (Fsp3) is 0.400. The Morgan fingerprint density at radius 3 is 3.17 bits per heavy atom. The van der Waals surface area contributed by atoms with E-state index in [1.54, 1.807) is 0 Å². The van der Waals surface area contributed by atoms with Gasteiger partial charge in [0.25, 0.3) is 0 Å². The number of imidazole rings is 1. The summed E-state index contributed by atoms with van der Waals surface area (Å²) in [6.45, 7) is 3.41. The Morgan fingerprint density at radius 1 is 1.44 bits per heavy atom. The maximum Gasteiger partial charge on any atom is 0.113 e. The second-order valence-electron chi connectivity index (χ2n) is 5.23. The predicted octanol–water partition coefficient (Wildman–Crippen LogP) is 3.71. The average Bonchev–Trinajstić information content (AvgIpc) is 2.72. The van der Waals surface area contributed by atoms with E-state index in [9.17, 15) is 0 Å². The second-order valence-corrected chi connectivity index (χ2v) is 5.66. The van der Waals surface area contributed by atoms with Crippen LogP contribution in [-0.2, 0) is 19.4 Å². The summed E-state index contributed by atoms with van der Waals surface area (Å²) in [4.78, 5) is 4.58. The van der Waals surface area contributed by atoms with Gasteiger partial charge in [0, 0.05) is 29.9 Å². The fourth-order valence-electron chi connectivity index (χ4n) is 2.64. The van der Waals surface area contributed by atoms with Gasteiger partial charge < -0.3 is 4.57 Å². The van der Waals surface area contributed by atoms with Crippen molar-refractivity contribution in [2.45, 2.75) is 32.7 Å². The number of hydrogen-bond donors (Lipinski definition) is 0. The summed E-state index contributed by atoms with van der Waals surface area (Å²) in [5.41, 5.74) is 2.61. The lowest BCUT2D eigenvalue weighted by Gasteiger charge is -2.22. The van der Waals surface area contributed by atoms with Gasteiger partial charge in [0.1, 0.15) is 5.82 Å². The van der Waals surface area contributed by atoms with E-state index in [4.69, 9.17) is 11.6 Å². The van der Waals surface area contributed by atoms with Crippen molar-refractivity contribution < 1.29 is 0 Å². The van der Waals surface area contributed by atoms with Crippen LogP contribution in [0.4, 0.5) is 0 Å². The summed E-state index contributed by atoms with van der Waals surface area (Å²) in [5.74, 6) is 1.92. The molecule has 0 fully saturated rings. The zero-order valence-electron chi connectivity index (χ0n) is 10.6. The quantitative estimate of drug-likeness (QED) is 0.805. The highest BCUT2D eigenvalue weighted by molar-refractivity contribution is 6.30. The lowest BCUT2D eigenvalue weighted by molar-refractivity contribution is 0.392. The summed E-state index contributed by atoms with van der Waals surface area (Å²) >= 11 is 6.02. The van der Waals surface area contributed by atoms with E-state index < -0.39 is 0 Å². The van der Waals surface area contributed by atoms with Gasteiger partial charge in [-0.3, -0.25) is 0 Å². The summed E-state index contributed by atoms with van der Waals surface area (Å²) in [6.07, 6.45) is 5.34. The van der Waals surface area contributed by atoms with Gasteiger partial charge in [-0.05, 0) is 36.5 Å². The van der Waals surface area contributed by atoms with Crippen molar-refractivity contribution >= 4 is 11.6 Å². The number of halogens is 1. The third kappa shape index (κ3) is 2.30. The van der Waals surface area contributed by atoms with Crippen LogP contribution in [0.2, 0.25) is 5.02 Å². The summed E-state index contributed by atoms with van der Waals surface area (Å²) < 4.78 is 2.38. The summed E-state index contributed by atoms with van der Waals surface area (Å²) in [7, 11) is 0. The minimum absolute atomic E-state index is 0.754. The van der Waals surface area contributed by atoms with Gasteiger partial charge in [-0.2, -0.15) is 0 Å². The smallest absolute Gasteiger partial charge is 0.113 e. The van der Waals surface area contributed by atoms with Crippen LogP contribution < -0.4 is 0 Å². The number of hydrogen-bond acceptors (Lipinski definition) is 1. The lowest BCUT2D eigenvalue weighted by atomic mass is 10.00. The lowest BCUT2D eigenvalue weighted by Crippen LogP contribution is -2.19. The molecule has 0 amide bonds. The van der Waals surface area contributed by atoms with E-state index in [1.807, 2.05) is 24.4 Å². The predicted molar refractivity (Wildman–Crippen MR) is 74.0 cm³/mol. The fourth-order valence-corrected chi connectivity index (χ4v) is 2.86. The van der Waals surface area contributed by atoms with Gasteiger partial charge in [0.05, 0.1) is 0 Å². The molecular weight excluding hydrogens is 244 g/mol. The van der Waals surface area contributed by atoms with E-state index in [1.165, 1.54) is 23.5 Å². The van der Waals surface area contributed by atoms with E-state index >= 15 is 0 Å². The first-order valence-corrected chi connectivity index (χ1v) is 6.88. The average molecular weight is 261 g/mol. The third-order valence-electron chi connectivity index (χ3n) is 3.66. The van der Waals surface area contributed by atoms with E-state index in [-0.39, 0.29) is 0 Å². The molecule has 2 nitrogen and oxygen atoms in total. The third-order valence-corrected chi connectivity index (χ3v) is 3.89. The molecule has 1 aliphatic rings. The highest BCUT2D eigenvalue weighted by Gasteiger charge is 2.18. The highest BCUT2D eigenvalue weighted by Crippen LogP contribution is 2.23. The number of aromatic nitrogens is 2. The molecule has 0 N–H and O–H groups in total. The maximum atomic E-state index is 6.02. The molecule has 2 heterocycles. The van der Waals surface area contributed by atoms with E-state index in [0.717, 1.165) is 30.3 Å². The molecule has 3 heteroatoms. The molecule has 1 aliphatic heterocycles. The molecule has 0 saturated carbocycles. The van der Waals surface area contributed by atoms with Crippen LogP contribution in [0.1, 0.15) is 30.4 Å². The molecule has 1 aromatic carbocycles. The number of rotatable bonds is 2. The molecule has 94 valence electrons. The Balaban J connectivity index is 1.87. The van der Waals surface area contributed by atoms with Crippen LogP contribution in [-0.4, -0.2) is 9.55 Å². The zero-order chi connectivity index (χ0) is 12.5. The maximum absolute atomic E-state index is 6.02. The molecule has 1 atom stereocenters. The van der Waals surface area contributed by atoms with Gasteiger partial charge in [0.15, 0.2) is 0 Å². The summed E-state index contributed by atoms with van der Waals surface area (Å²) in [6, 6.07) is 8.05. The van der Waals surface area contributed by atoms with Crippen molar-refractivity contribution in [1.82, 2.24) is 9.55 Å². The number of benzene rings is 1. The van der Waals surface area contributed by atoms with Crippen LogP contribution >= 0.6 is 11.6 Å². The van der Waals surface area contributed by atoms with Crippen molar-refractivity contribution in [3.8, 4) is 0 Å². The first-order valence-electron chi connectivity index (χ1n) is 6.50. The second kappa shape index (κ2) is 4.77. The van der Waals surface area contributed by atoms with Crippen LogP contribution in [0, 0.1) is 5.92 Å². The van der Waals surface area contributed by atoms with Crippen molar-refractivity contribution in [3.05, 3.63) is 52.6 Å². The topological polar surface area (TPSA) is 17.8 Å². The van der Waals surface area contributed by atoms with Crippen LogP contribution in [0.25, 0.3) is 0 Å². The first kappa shape index (κ1) is 11.8. The van der Waals surface area contributed by atoms with Crippen LogP contribution in [0.5, 0.6) is 0 Å². The van der Waals surface area contributed by atoms with Gasteiger partial charge in [-0.15, -0.1) is 0 Å². The normalized spacial score (nSPS) is 18.7. The molecule has 0 aliphatic carbocycles. The van der Waals surface area contributed by atoms with Crippen LogP contribution in [0.3, 0.4) is 0 Å². The van der Waals surface area contributed by atoms with Crippen molar-refractivity contribution in [2.24, 2.45) is 5.92 Å². The Labute approximate surface area is 113 Å². The molecule has 3 rings (SSSR count). The molecule has 1 aromatic heterocycles. The largest absolute Gasteiger partial charge is 0.332 e. The monoisotopic (exact) mass is 260 g/mol. The Morgan fingerprint density at radius 2 is 2.33 bits per heavy atom. The molecule has 0 spiro atoms. The van der Waals surface area contributed by atoms with Crippen molar-refractivity contribution in [3.63, 3.8) is 0 Å². The van der Waals surface area contributed by atoms with E-state index in [2.05, 4.69) is 22.5 Å². The highest BCUT2D eigenvalue weighted by atomic mass is 35.5. The Bertz CT molecular complexity index is 559. The minimum atomic E-state index is 0.754. The molecule has 2 aromatic rings. The van der Waals surface area contributed by atoms with Gasteiger partial charge in [-0.25, -0.2) is 4.98 Å².